The molecule has 0 amide bonds. The van der Waals surface area contributed by atoms with Crippen molar-refractivity contribution in [2.24, 2.45) is 5.41 Å². The third kappa shape index (κ3) is 6.65. The molecule has 0 aliphatic rings. The highest BCUT2D eigenvalue weighted by atomic mass is 16.6. The summed E-state index contributed by atoms with van der Waals surface area (Å²) < 4.78 is 11.1. The maximum absolute atomic E-state index is 12.9. The zero-order chi connectivity index (χ0) is 21.0. The molecule has 0 fully saturated rings. The average molecular weight is 391 g/mol. The van der Waals surface area contributed by atoms with Crippen molar-refractivity contribution in [3.05, 3.63) is 29.3 Å². The standard InChI is InChI=1S/C24H38O4/c1-6-9-10-11-12-13-14-18-27-22(25)24(7-2,8-3)23(26)28-21-17-15-16-19(4)20(21)5/h15-17H,6-14,18H2,1-5H3. The second kappa shape index (κ2) is 12.6. The van der Waals surface area contributed by atoms with Crippen LogP contribution in [0, 0.1) is 19.3 Å². The Morgan fingerprint density at radius 3 is 2.07 bits per heavy atom. The Hall–Kier alpha value is -1.84. The van der Waals surface area contributed by atoms with Crippen LogP contribution in [-0.4, -0.2) is 18.5 Å². The molecular formula is C24H38O4. The highest BCUT2D eigenvalue weighted by Gasteiger charge is 2.46. The van der Waals surface area contributed by atoms with Gasteiger partial charge in [0.15, 0.2) is 5.41 Å². The van der Waals surface area contributed by atoms with E-state index in [1.807, 2.05) is 39.8 Å². The van der Waals surface area contributed by atoms with Crippen molar-refractivity contribution in [3.63, 3.8) is 0 Å². The van der Waals surface area contributed by atoms with E-state index in [-0.39, 0.29) is 0 Å². The van der Waals surface area contributed by atoms with Gasteiger partial charge in [0, 0.05) is 0 Å². The maximum Gasteiger partial charge on any atom is 0.328 e. The number of esters is 2. The lowest BCUT2D eigenvalue weighted by Gasteiger charge is -2.27. The molecule has 0 atom stereocenters. The molecule has 0 saturated carbocycles. The number of rotatable bonds is 13. The van der Waals surface area contributed by atoms with E-state index >= 15 is 0 Å². The van der Waals surface area contributed by atoms with Gasteiger partial charge in [-0.1, -0.05) is 71.4 Å². The Bertz CT molecular complexity index is 617. The number of hydrogen-bond donors (Lipinski definition) is 0. The minimum Gasteiger partial charge on any atom is -0.465 e. The van der Waals surface area contributed by atoms with E-state index in [9.17, 15) is 9.59 Å². The molecule has 4 heteroatoms. The predicted molar refractivity (Wildman–Crippen MR) is 114 cm³/mol. The number of hydrogen-bond acceptors (Lipinski definition) is 4. The minimum absolute atomic E-state index is 0.364. The monoisotopic (exact) mass is 390 g/mol. The molecule has 28 heavy (non-hydrogen) atoms. The molecule has 0 aliphatic carbocycles. The normalized spacial score (nSPS) is 11.3. The number of carbonyl (C=O) groups is 2. The minimum atomic E-state index is -1.24. The summed E-state index contributed by atoms with van der Waals surface area (Å²) in [7, 11) is 0. The summed E-state index contributed by atoms with van der Waals surface area (Å²) in [6, 6.07) is 5.58. The van der Waals surface area contributed by atoms with E-state index in [2.05, 4.69) is 6.92 Å². The number of unbranched alkanes of at least 4 members (excludes halogenated alkanes) is 6. The number of aryl methyl sites for hydroxylation is 1. The van der Waals surface area contributed by atoms with Crippen LogP contribution in [0.1, 0.15) is 89.7 Å². The molecule has 0 unspecified atom stereocenters. The van der Waals surface area contributed by atoms with Gasteiger partial charge in [0.1, 0.15) is 5.75 Å². The quantitative estimate of drug-likeness (QED) is 0.171. The fraction of sp³-hybridized carbons (Fsp3) is 0.667. The van der Waals surface area contributed by atoms with Crippen molar-refractivity contribution in [2.75, 3.05) is 6.61 Å². The van der Waals surface area contributed by atoms with Crippen LogP contribution in [0.25, 0.3) is 0 Å². The molecule has 1 aromatic rings. The van der Waals surface area contributed by atoms with Gasteiger partial charge in [-0.2, -0.15) is 0 Å². The van der Waals surface area contributed by atoms with Gasteiger partial charge in [-0.3, -0.25) is 9.59 Å². The molecule has 0 aromatic heterocycles. The molecule has 0 N–H and O–H groups in total. The van der Waals surface area contributed by atoms with Crippen LogP contribution in [0.15, 0.2) is 18.2 Å². The number of benzene rings is 1. The van der Waals surface area contributed by atoms with Crippen molar-refractivity contribution in [1.82, 2.24) is 0 Å². The highest BCUT2D eigenvalue weighted by molar-refractivity contribution is 6.00. The lowest BCUT2D eigenvalue weighted by atomic mass is 9.82. The zero-order valence-electron chi connectivity index (χ0n) is 18.4. The molecule has 0 saturated heterocycles. The Labute approximate surface area is 171 Å². The summed E-state index contributed by atoms with van der Waals surface area (Å²) in [5.74, 6) is -0.467. The Kier molecular flexibility index (Phi) is 10.9. The molecule has 1 aromatic carbocycles. The van der Waals surface area contributed by atoms with E-state index < -0.39 is 17.4 Å². The molecular weight excluding hydrogens is 352 g/mol. The summed E-state index contributed by atoms with van der Waals surface area (Å²) in [4.78, 5) is 25.7. The first-order valence-electron chi connectivity index (χ1n) is 10.9. The summed E-state index contributed by atoms with van der Waals surface area (Å²) >= 11 is 0. The highest BCUT2D eigenvalue weighted by Crippen LogP contribution is 2.32. The van der Waals surface area contributed by atoms with Gasteiger partial charge in [-0.25, -0.2) is 0 Å². The SMILES string of the molecule is CCCCCCCCCOC(=O)C(CC)(CC)C(=O)Oc1cccc(C)c1C. The molecule has 0 heterocycles. The van der Waals surface area contributed by atoms with Gasteiger partial charge in [-0.15, -0.1) is 0 Å². The fourth-order valence-corrected chi connectivity index (χ4v) is 3.31. The Balaban J connectivity index is 2.61. The lowest BCUT2D eigenvalue weighted by Crippen LogP contribution is -2.42. The molecule has 1 rings (SSSR count). The predicted octanol–water partition coefficient (Wildman–Crippen LogP) is 6.31. The third-order valence-corrected chi connectivity index (χ3v) is 5.73. The van der Waals surface area contributed by atoms with Crippen LogP contribution in [0.4, 0.5) is 0 Å². The van der Waals surface area contributed by atoms with Crippen molar-refractivity contribution in [3.8, 4) is 5.75 Å². The van der Waals surface area contributed by atoms with E-state index in [0.29, 0.717) is 25.2 Å². The second-order valence-electron chi connectivity index (χ2n) is 7.63. The van der Waals surface area contributed by atoms with Crippen molar-refractivity contribution in [2.45, 2.75) is 92.4 Å². The summed E-state index contributed by atoms with van der Waals surface area (Å²) in [6.45, 7) is 10.1. The van der Waals surface area contributed by atoms with Crippen LogP contribution in [-0.2, 0) is 14.3 Å². The van der Waals surface area contributed by atoms with Gasteiger partial charge in [0.05, 0.1) is 6.61 Å². The first-order valence-corrected chi connectivity index (χ1v) is 10.9. The molecule has 0 spiro atoms. The molecule has 0 radical (unpaired) electrons. The second-order valence-corrected chi connectivity index (χ2v) is 7.63. The summed E-state index contributed by atoms with van der Waals surface area (Å²) in [5, 5.41) is 0. The van der Waals surface area contributed by atoms with E-state index in [1.165, 1.54) is 32.1 Å². The first-order chi connectivity index (χ1) is 13.4. The first kappa shape index (κ1) is 24.2. The van der Waals surface area contributed by atoms with Crippen LogP contribution in [0.2, 0.25) is 0 Å². The van der Waals surface area contributed by atoms with E-state index in [1.54, 1.807) is 6.07 Å². The maximum atomic E-state index is 12.9. The van der Waals surface area contributed by atoms with Crippen LogP contribution >= 0.6 is 0 Å². The van der Waals surface area contributed by atoms with E-state index in [0.717, 1.165) is 24.0 Å². The van der Waals surface area contributed by atoms with Crippen LogP contribution in [0.5, 0.6) is 5.75 Å². The fourth-order valence-electron chi connectivity index (χ4n) is 3.31. The molecule has 0 aliphatic heterocycles. The topological polar surface area (TPSA) is 52.6 Å². The summed E-state index contributed by atoms with van der Waals surface area (Å²) in [6.07, 6.45) is 8.82. The largest absolute Gasteiger partial charge is 0.465 e. The third-order valence-electron chi connectivity index (χ3n) is 5.73. The van der Waals surface area contributed by atoms with Gasteiger partial charge in [-0.05, 0) is 50.3 Å². The molecule has 0 bridgehead atoms. The average Bonchev–Trinajstić information content (AvgIpc) is 2.69. The molecule has 4 nitrogen and oxygen atoms in total. The van der Waals surface area contributed by atoms with E-state index in [4.69, 9.17) is 9.47 Å². The van der Waals surface area contributed by atoms with Crippen molar-refractivity contribution < 1.29 is 19.1 Å². The Morgan fingerprint density at radius 2 is 1.46 bits per heavy atom. The summed E-state index contributed by atoms with van der Waals surface area (Å²) in [5.41, 5.74) is 0.718. The van der Waals surface area contributed by atoms with Gasteiger partial charge < -0.3 is 9.47 Å². The lowest BCUT2D eigenvalue weighted by molar-refractivity contribution is -0.168. The van der Waals surface area contributed by atoms with Gasteiger partial charge in [0.2, 0.25) is 0 Å². The van der Waals surface area contributed by atoms with Crippen molar-refractivity contribution in [1.29, 1.82) is 0 Å². The molecule has 158 valence electrons. The van der Waals surface area contributed by atoms with Gasteiger partial charge in [0.25, 0.3) is 0 Å². The smallest absolute Gasteiger partial charge is 0.328 e. The number of ether oxygens (including phenoxy) is 2. The number of carbonyl (C=O) groups excluding carboxylic acids is 2. The van der Waals surface area contributed by atoms with Gasteiger partial charge >= 0.3 is 11.9 Å². The van der Waals surface area contributed by atoms with Crippen molar-refractivity contribution >= 4 is 11.9 Å². The Morgan fingerprint density at radius 1 is 0.857 bits per heavy atom. The van der Waals surface area contributed by atoms with Crippen LogP contribution in [0.3, 0.4) is 0 Å². The van der Waals surface area contributed by atoms with Crippen LogP contribution < -0.4 is 4.74 Å². The zero-order valence-corrected chi connectivity index (χ0v) is 18.4.